The predicted octanol–water partition coefficient (Wildman–Crippen LogP) is 3.93. The molecule has 32 heavy (non-hydrogen) atoms. The second kappa shape index (κ2) is 9.44. The van der Waals surface area contributed by atoms with Gasteiger partial charge in [-0.05, 0) is 18.4 Å². The maximum Gasteiger partial charge on any atom is 0.261 e. The van der Waals surface area contributed by atoms with Gasteiger partial charge >= 0.3 is 0 Å². The minimum Gasteiger partial charge on any atom is -0.384 e. The van der Waals surface area contributed by atoms with E-state index in [1.54, 1.807) is 18.1 Å². The molecule has 4 aromatic rings. The zero-order valence-corrected chi connectivity index (χ0v) is 18.2. The smallest absolute Gasteiger partial charge is 0.261 e. The maximum absolute atomic E-state index is 5.66. The Morgan fingerprint density at radius 1 is 1.09 bits per heavy atom. The van der Waals surface area contributed by atoms with Crippen LogP contribution in [0.3, 0.4) is 0 Å². The van der Waals surface area contributed by atoms with Crippen LogP contribution in [0, 0.1) is 0 Å². The Morgan fingerprint density at radius 3 is 2.69 bits per heavy atom. The van der Waals surface area contributed by atoms with Gasteiger partial charge < -0.3 is 9.26 Å². The summed E-state index contributed by atoms with van der Waals surface area (Å²) in [5, 5.41) is 13.1. The molecule has 3 heterocycles. The van der Waals surface area contributed by atoms with Gasteiger partial charge in [0.1, 0.15) is 12.7 Å². The van der Waals surface area contributed by atoms with Crippen molar-refractivity contribution in [3.05, 3.63) is 54.4 Å². The Kier molecular flexibility index (Phi) is 6.06. The Balaban J connectivity index is 1.38. The van der Waals surface area contributed by atoms with Crippen LogP contribution in [0.5, 0.6) is 0 Å². The summed E-state index contributed by atoms with van der Waals surface area (Å²) in [7, 11) is 1.72. The van der Waals surface area contributed by atoms with Crippen molar-refractivity contribution in [1.82, 2.24) is 34.7 Å². The maximum atomic E-state index is 5.66. The molecule has 0 spiro atoms. The van der Waals surface area contributed by atoms with Gasteiger partial charge in [-0.1, -0.05) is 48.7 Å². The fourth-order valence-electron chi connectivity index (χ4n) is 4.37. The number of methoxy groups -OCH3 is 1. The van der Waals surface area contributed by atoms with Crippen LogP contribution >= 0.6 is 0 Å². The van der Waals surface area contributed by atoms with Gasteiger partial charge in [0.15, 0.2) is 0 Å². The van der Waals surface area contributed by atoms with Crippen LogP contribution in [0.4, 0.5) is 0 Å². The van der Waals surface area contributed by atoms with Crippen molar-refractivity contribution in [2.24, 2.45) is 0 Å². The molecule has 1 saturated carbocycles. The summed E-state index contributed by atoms with van der Waals surface area (Å²) < 4.78 is 15.0. The first-order valence-corrected chi connectivity index (χ1v) is 11.1. The van der Waals surface area contributed by atoms with E-state index < -0.39 is 0 Å². The molecule has 0 aliphatic heterocycles. The molecule has 1 aliphatic rings. The average molecular weight is 434 g/mol. The molecule has 1 aromatic carbocycles. The predicted molar refractivity (Wildman–Crippen MR) is 118 cm³/mol. The SMILES string of the molecule is COCCc1c(-c2nc(-c3ccc(Cn4cncn4)cc3)no2)cnn1C1CCCCC1. The molecule has 0 radical (unpaired) electrons. The van der Waals surface area contributed by atoms with E-state index in [9.17, 15) is 0 Å². The fourth-order valence-corrected chi connectivity index (χ4v) is 4.37. The van der Waals surface area contributed by atoms with E-state index >= 15 is 0 Å². The normalized spacial score (nSPS) is 14.8. The summed E-state index contributed by atoms with van der Waals surface area (Å²) >= 11 is 0. The van der Waals surface area contributed by atoms with Gasteiger partial charge in [-0.25, -0.2) is 9.67 Å². The van der Waals surface area contributed by atoms with Crippen LogP contribution in [0.1, 0.15) is 49.4 Å². The molecule has 0 atom stereocenters. The quantitative estimate of drug-likeness (QED) is 0.415. The third-order valence-electron chi connectivity index (χ3n) is 6.04. The van der Waals surface area contributed by atoms with Gasteiger partial charge in [-0.2, -0.15) is 15.2 Å². The molecule has 9 nitrogen and oxygen atoms in total. The molecule has 1 fully saturated rings. The van der Waals surface area contributed by atoms with Crippen molar-refractivity contribution in [3.8, 4) is 22.8 Å². The van der Waals surface area contributed by atoms with E-state index in [4.69, 9.17) is 14.4 Å². The van der Waals surface area contributed by atoms with Crippen LogP contribution < -0.4 is 0 Å². The lowest BCUT2D eigenvalue weighted by molar-refractivity contribution is 0.198. The van der Waals surface area contributed by atoms with E-state index in [0.717, 1.165) is 41.6 Å². The second-order valence-corrected chi connectivity index (χ2v) is 8.20. The zero-order chi connectivity index (χ0) is 21.8. The van der Waals surface area contributed by atoms with E-state index in [2.05, 4.69) is 24.9 Å². The van der Waals surface area contributed by atoms with Crippen molar-refractivity contribution in [2.75, 3.05) is 13.7 Å². The van der Waals surface area contributed by atoms with Gasteiger partial charge in [0.2, 0.25) is 5.82 Å². The van der Waals surface area contributed by atoms with Crippen LogP contribution in [0.15, 0.2) is 47.6 Å². The third kappa shape index (κ3) is 4.34. The van der Waals surface area contributed by atoms with Gasteiger partial charge in [-0.3, -0.25) is 4.68 Å². The Labute approximate surface area is 186 Å². The van der Waals surface area contributed by atoms with Crippen LogP contribution in [-0.2, 0) is 17.7 Å². The lowest BCUT2D eigenvalue weighted by Gasteiger charge is -2.24. The molecule has 3 aromatic heterocycles. The van der Waals surface area contributed by atoms with Crippen LogP contribution in [0.25, 0.3) is 22.8 Å². The number of nitrogens with zero attached hydrogens (tertiary/aromatic N) is 7. The highest BCUT2D eigenvalue weighted by Gasteiger charge is 2.24. The standard InChI is InChI=1S/C23H27N7O2/c1-31-12-11-21-20(13-25-30(21)19-5-3-2-4-6-19)23-27-22(28-32-23)18-9-7-17(8-10-18)14-29-16-24-15-26-29/h7-10,13,15-16,19H,2-6,11-12,14H2,1H3. The Bertz CT molecular complexity index is 1130. The first kappa shape index (κ1) is 20.6. The summed E-state index contributed by atoms with van der Waals surface area (Å²) in [5.41, 5.74) is 4.03. The lowest BCUT2D eigenvalue weighted by Crippen LogP contribution is -2.17. The third-order valence-corrected chi connectivity index (χ3v) is 6.04. The minimum atomic E-state index is 0.435. The van der Waals surface area contributed by atoms with E-state index in [1.165, 1.54) is 25.6 Å². The van der Waals surface area contributed by atoms with E-state index in [0.29, 0.717) is 30.9 Å². The first-order chi connectivity index (χ1) is 15.8. The van der Waals surface area contributed by atoms with E-state index in [1.807, 2.05) is 30.5 Å². The molecule has 0 bridgehead atoms. The van der Waals surface area contributed by atoms with Crippen LogP contribution in [0.2, 0.25) is 0 Å². The average Bonchev–Trinajstić information content (AvgIpc) is 3.59. The van der Waals surface area contributed by atoms with Gasteiger partial charge in [0.25, 0.3) is 5.89 Å². The largest absolute Gasteiger partial charge is 0.384 e. The molecular weight excluding hydrogens is 406 g/mol. The summed E-state index contributed by atoms with van der Waals surface area (Å²) in [6, 6.07) is 8.51. The van der Waals surface area contributed by atoms with E-state index in [-0.39, 0.29) is 0 Å². The number of hydrogen-bond acceptors (Lipinski definition) is 7. The number of rotatable bonds is 8. The molecule has 1 aliphatic carbocycles. The molecule has 0 N–H and O–H groups in total. The highest BCUT2D eigenvalue weighted by Crippen LogP contribution is 2.33. The zero-order valence-electron chi connectivity index (χ0n) is 18.2. The highest BCUT2D eigenvalue weighted by atomic mass is 16.5. The summed E-state index contributed by atoms with van der Waals surface area (Å²) in [6.07, 6.45) is 12.0. The monoisotopic (exact) mass is 433 g/mol. The number of hydrogen-bond donors (Lipinski definition) is 0. The first-order valence-electron chi connectivity index (χ1n) is 11.1. The van der Waals surface area contributed by atoms with Crippen molar-refractivity contribution in [3.63, 3.8) is 0 Å². The second-order valence-electron chi connectivity index (χ2n) is 8.20. The Hall–Kier alpha value is -3.33. The highest BCUT2D eigenvalue weighted by molar-refractivity contribution is 5.61. The van der Waals surface area contributed by atoms with Gasteiger partial charge in [-0.15, -0.1) is 0 Å². The van der Waals surface area contributed by atoms with Crippen molar-refractivity contribution in [2.45, 2.75) is 51.1 Å². The van der Waals surface area contributed by atoms with Gasteiger partial charge in [0, 0.05) is 19.1 Å². The Morgan fingerprint density at radius 2 is 1.94 bits per heavy atom. The minimum absolute atomic E-state index is 0.435. The topological polar surface area (TPSA) is 96.7 Å². The number of aromatic nitrogens is 7. The lowest BCUT2D eigenvalue weighted by atomic mass is 9.95. The molecule has 0 unspecified atom stereocenters. The molecule has 0 saturated heterocycles. The number of ether oxygens (including phenoxy) is 1. The van der Waals surface area contributed by atoms with Crippen molar-refractivity contribution in [1.29, 1.82) is 0 Å². The summed E-state index contributed by atoms with van der Waals surface area (Å²) in [4.78, 5) is 8.66. The fraction of sp³-hybridized carbons (Fsp3) is 0.435. The van der Waals surface area contributed by atoms with Crippen molar-refractivity contribution < 1.29 is 9.26 Å². The van der Waals surface area contributed by atoms with Crippen LogP contribution in [-0.4, -0.2) is 48.4 Å². The molecule has 5 rings (SSSR count). The number of benzene rings is 1. The van der Waals surface area contributed by atoms with Crippen molar-refractivity contribution >= 4 is 0 Å². The molecule has 9 heteroatoms. The van der Waals surface area contributed by atoms with Gasteiger partial charge in [0.05, 0.1) is 36.6 Å². The molecular formula is C23H27N7O2. The molecule has 0 amide bonds. The summed E-state index contributed by atoms with van der Waals surface area (Å²) in [5.74, 6) is 1.07. The molecule has 166 valence electrons. The summed E-state index contributed by atoms with van der Waals surface area (Å²) in [6.45, 7) is 1.29.